The van der Waals surface area contributed by atoms with Gasteiger partial charge in [-0.3, -0.25) is 4.84 Å². The van der Waals surface area contributed by atoms with Gasteiger partial charge >= 0.3 is 0 Å². The molecule has 2 unspecified atom stereocenters. The van der Waals surface area contributed by atoms with E-state index in [2.05, 4.69) is 6.58 Å². The summed E-state index contributed by atoms with van der Waals surface area (Å²) in [4.78, 5) is 17.1. The van der Waals surface area contributed by atoms with Crippen LogP contribution in [0.1, 0.15) is 43.1 Å². The Balaban J connectivity index is 1.97. The van der Waals surface area contributed by atoms with Crippen LogP contribution in [-0.4, -0.2) is 54.5 Å². The number of hydrogen-bond acceptors (Lipinski definition) is 9. The van der Waals surface area contributed by atoms with Crippen LogP contribution < -0.4 is 28.7 Å². The summed E-state index contributed by atoms with van der Waals surface area (Å²) < 4.78 is 34.5. The van der Waals surface area contributed by atoms with Gasteiger partial charge in [0.1, 0.15) is 25.1 Å². The third-order valence-electron chi connectivity index (χ3n) is 5.87. The van der Waals surface area contributed by atoms with Gasteiger partial charge in [-0.25, -0.2) is 5.06 Å². The standard InChI is InChI=1S/C27H35NO8/c1-7-13-34-26-20(28(11-12-29)35-8-2)14-18(15-23(26)30-3)21-9-10-22(36-21)19-16-24(31-4)27(33-6)25(17-19)32-5/h7,12,14-17,21-22H,1,8-11,13H2,2-6H3. The van der Waals surface area contributed by atoms with Crippen LogP contribution in [0.3, 0.4) is 0 Å². The Labute approximate surface area is 212 Å². The SMILES string of the molecule is C=CCOc1c(OC)cc(C2CCC(c3cc(OC)c(OC)c(OC)c3)O2)cc1N(CC=O)OCC. The Hall–Kier alpha value is -3.43. The maximum Gasteiger partial charge on any atom is 0.203 e. The van der Waals surface area contributed by atoms with Gasteiger partial charge in [-0.1, -0.05) is 12.7 Å². The molecule has 1 heterocycles. The summed E-state index contributed by atoms with van der Waals surface area (Å²) in [7, 11) is 6.33. The van der Waals surface area contributed by atoms with Crippen molar-refractivity contribution in [1.29, 1.82) is 0 Å². The zero-order valence-corrected chi connectivity index (χ0v) is 21.6. The van der Waals surface area contributed by atoms with Gasteiger partial charge in [0.25, 0.3) is 0 Å². The van der Waals surface area contributed by atoms with Crippen molar-refractivity contribution in [2.24, 2.45) is 0 Å². The quantitative estimate of drug-likeness (QED) is 0.205. The molecular weight excluding hydrogens is 466 g/mol. The number of benzene rings is 2. The van der Waals surface area contributed by atoms with E-state index in [4.69, 9.17) is 33.3 Å². The number of carbonyl (C=O) groups is 1. The van der Waals surface area contributed by atoms with Gasteiger partial charge in [0.05, 0.1) is 47.3 Å². The molecule has 3 rings (SSSR count). The summed E-state index contributed by atoms with van der Waals surface area (Å²) in [5.41, 5.74) is 2.40. The van der Waals surface area contributed by atoms with Gasteiger partial charge in [-0.15, -0.1) is 0 Å². The first-order valence-corrected chi connectivity index (χ1v) is 11.8. The van der Waals surface area contributed by atoms with Crippen molar-refractivity contribution >= 4 is 12.0 Å². The molecule has 1 fully saturated rings. The molecule has 0 aromatic heterocycles. The van der Waals surface area contributed by atoms with Crippen molar-refractivity contribution in [3.63, 3.8) is 0 Å². The second kappa shape index (κ2) is 13.0. The van der Waals surface area contributed by atoms with E-state index >= 15 is 0 Å². The predicted molar refractivity (Wildman–Crippen MR) is 136 cm³/mol. The fourth-order valence-electron chi connectivity index (χ4n) is 4.28. The van der Waals surface area contributed by atoms with Crippen molar-refractivity contribution in [3.8, 4) is 28.7 Å². The molecule has 1 saturated heterocycles. The lowest BCUT2D eigenvalue weighted by molar-refractivity contribution is -0.107. The van der Waals surface area contributed by atoms with Crippen molar-refractivity contribution in [2.45, 2.75) is 32.0 Å². The van der Waals surface area contributed by atoms with Crippen LogP contribution in [0.25, 0.3) is 0 Å². The van der Waals surface area contributed by atoms with Crippen molar-refractivity contribution in [1.82, 2.24) is 0 Å². The molecule has 2 atom stereocenters. The molecule has 0 amide bonds. The number of carbonyl (C=O) groups excluding carboxylic acids is 1. The Morgan fingerprint density at radius 1 is 0.917 bits per heavy atom. The van der Waals surface area contributed by atoms with E-state index in [0.29, 0.717) is 41.0 Å². The number of ether oxygens (including phenoxy) is 6. The van der Waals surface area contributed by atoms with Crippen LogP contribution in [0.4, 0.5) is 5.69 Å². The zero-order chi connectivity index (χ0) is 26.1. The molecule has 2 aromatic carbocycles. The average molecular weight is 502 g/mol. The number of aldehydes is 1. The van der Waals surface area contributed by atoms with Gasteiger partial charge in [0.15, 0.2) is 23.0 Å². The van der Waals surface area contributed by atoms with E-state index in [1.165, 1.54) is 5.06 Å². The van der Waals surface area contributed by atoms with Crippen LogP contribution in [0.15, 0.2) is 36.9 Å². The molecule has 0 N–H and O–H groups in total. The molecule has 0 saturated carbocycles. The Bertz CT molecular complexity index is 1020. The van der Waals surface area contributed by atoms with E-state index in [9.17, 15) is 4.79 Å². The van der Waals surface area contributed by atoms with Gasteiger partial charge in [-0.05, 0) is 55.2 Å². The first kappa shape index (κ1) is 27.2. The molecule has 9 heteroatoms. The molecule has 0 aliphatic carbocycles. The Kier molecular flexibility index (Phi) is 9.84. The maximum absolute atomic E-state index is 11.4. The Morgan fingerprint density at radius 3 is 1.94 bits per heavy atom. The fraction of sp³-hybridized carbons (Fsp3) is 0.444. The van der Waals surface area contributed by atoms with Crippen molar-refractivity contribution in [2.75, 3.05) is 53.3 Å². The number of hydroxylamine groups is 1. The summed E-state index contributed by atoms with van der Waals surface area (Å²) in [6, 6.07) is 7.64. The van der Waals surface area contributed by atoms with E-state index in [1.54, 1.807) is 34.5 Å². The molecule has 0 radical (unpaired) electrons. The molecule has 2 aromatic rings. The summed E-state index contributed by atoms with van der Waals surface area (Å²) >= 11 is 0. The van der Waals surface area contributed by atoms with E-state index in [0.717, 1.165) is 30.3 Å². The normalized spacial score (nSPS) is 16.8. The second-order valence-corrected chi connectivity index (χ2v) is 7.97. The second-order valence-electron chi connectivity index (χ2n) is 7.97. The lowest BCUT2D eigenvalue weighted by atomic mass is 10.0. The van der Waals surface area contributed by atoms with E-state index < -0.39 is 0 Å². The highest BCUT2D eigenvalue weighted by atomic mass is 16.7. The highest BCUT2D eigenvalue weighted by Gasteiger charge is 2.31. The monoisotopic (exact) mass is 501 g/mol. The van der Waals surface area contributed by atoms with Crippen LogP contribution in [-0.2, 0) is 14.4 Å². The molecule has 0 spiro atoms. The fourth-order valence-corrected chi connectivity index (χ4v) is 4.28. The van der Waals surface area contributed by atoms with Crippen LogP contribution in [0.2, 0.25) is 0 Å². The molecule has 1 aliphatic heterocycles. The highest BCUT2D eigenvalue weighted by molar-refractivity contribution is 5.69. The molecule has 0 bridgehead atoms. The van der Waals surface area contributed by atoms with Gasteiger partial charge in [0.2, 0.25) is 5.75 Å². The van der Waals surface area contributed by atoms with Crippen molar-refractivity contribution < 1.29 is 38.1 Å². The van der Waals surface area contributed by atoms with E-state index in [1.807, 2.05) is 31.2 Å². The topological polar surface area (TPSA) is 84.9 Å². The summed E-state index contributed by atoms with van der Waals surface area (Å²) in [5.74, 6) is 2.67. The largest absolute Gasteiger partial charge is 0.493 e. The lowest BCUT2D eigenvalue weighted by Gasteiger charge is -2.26. The van der Waals surface area contributed by atoms with Gasteiger partial charge < -0.3 is 33.2 Å². The molecule has 196 valence electrons. The molecule has 1 aliphatic rings. The highest BCUT2D eigenvalue weighted by Crippen LogP contribution is 2.48. The lowest BCUT2D eigenvalue weighted by Crippen LogP contribution is -2.26. The summed E-state index contributed by atoms with van der Waals surface area (Å²) in [6.45, 7) is 6.25. The summed E-state index contributed by atoms with van der Waals surface area (Å²) in [6.07, 6.45) is 3.60. The first-order valence-electron chi connectivity index (χ1n) is 11.8. The van der Waals surface area contributed by atoms with E-state index in [-0.39, 0.29) is 25.4 Å². The third kappa shape index (κ3) is 5.85. The Morgan fingerprint density at radius 2 is 1.47 bits per heavy atom. The zero-order valence-electron chi connectivity index (χ0n) is 21.6. The minimum Gasteiger partial charge on any atom is -0.493 e. The number of anilines is 1. The van der Waals surface area contributed by atoms with Crippen molar-refractivity contribution in [3.05, 3.63) is 48.0 Å². The van der Waals surface area contributed by atoms with Crippen LogP contribution in [0.5, 0.6) is 28.7 Å². The number of methoxy groups -OCH3 is 4. The average Bonchev–Trinajstić information content (AvgIpc) is 3.41. The van der Waals surface area contributed by atoms with Crippen LogP contribution in [0, 0.1) is 0 Å². The maximum atomic E-state index is 11.4. The number of rotatable bonds is 14. The molecule has 9 nitrogen and oxygen atoms in total. The minimum atomic E-state index is -0.213. The third-order valence-corrected chi connectivity index (χ3v) is 5.87. The smallest absolute Gasteiger partial charge is 0.203 e. The number of nitrogens with zero attached hydrogens (tertiary/aromatic N) is 1. The molecule has 36 heavy (non-hydrogen) atoms. The van der Waals surface area contributed by atoms with Gasteiger partial charge in [-0.2, -0.15) is 0 Å². The van der Waals surface area contributed by atoms with Crippen LogP contribution >= 0.6 is 0 Å². The summed E-state index contributed by atoms with van der Waals surface area (Å²) in [5, 5.41) is 1.50. The predicted octanol–water partition coefficient (Wildman–Crippen LogP) is 4.84. The number of hydrogen-bond donors (Lipinski definition) is 0. The molecular formula is C27H35NO8. The first-order chi connectivity index (χ1) is 17.5. The van der Waals surface area contributed by atoms with Gasteiger partial charge in [0, 0.05) is 0 Å². The minimum absolute atomic E-state index is 0.0322.